The van der Waals surface area contributed by atoms with Crippen molar-refractivity contribution in [3.63, 3.8) is 0 Å². The van der Waals surface area contributed by atoms with Crippen LogP contribution in [0.25, 0.3) is 0 Å². The minimum Gasteiger partial charge on any atom is -0.334 e. The smallest absolute Gasteiger partial charge is 0.317 e. The van der Waals surface area contributed by atoms with Gasteiger partial charge in [0.2, 0.25) is 0 Å². The van der Waals surface area contributed by atoms with Crippen LogP contribution in [0.3, 0.4) is 0 Å². The summed E-state index contributed by atoms with van der Waals surface area (Å²) in [6.07, 6.45) is 0.679. The van der Waals surface area contributed by atoms with Crippen molar-refractivity contribution in [3.05, 3.63) is 17.0 Å². The lowest BCUT2D eigenvalue weighted by molar-refractivity contribution is 0.206. The van der Waals surface area contributed by atoms with Crippen molar-refractivity contribution in [2.45, 2.75) is 45.5 Å². The van der Waals surface area contributed by atoms with E-state index in [0.29, 0.717) is 26.1 Å². The maximum absolute atomic E-state index is 12.4. The number of fused-ring (bicyclic) bond motifs is 1. The fourth-order valence-corrected chi connectivity index (χ4v) is 5.88. The number of likely N-dealkylation sites (tertiary alicyclic amines) is 1. The molecule has 0 aromatic carbocycles. The highest BCUT2D eigenvalue weighted by atomic mass is 32.2. The van der Waals surface area contributed by atoms with Crippen LogP contribution in [0, 0.1) is 19.8 Å². The first-order valence-electron chi connectivity index (χ1n) is 8.10. The van der Waals surface area contributed by atoms with Crippen molar-refractivity contribution in [1.82, 2.24) is 20.0 Å². The number of aryl methyl sites for hydroxylation is 2. The van der Waals surface area contributed by atoms with Gasteiger partial charge in [0.15, 0.2) is 9.84 Å². The molecule has 8 heteroatoms. The Balaban J connectivity index is 1.62. The van der Waals surface area contributed by atoms with Gasteiger partial charge in [-0.1, -0.05) is 0 Å². The highest BCUT2D eigenvalue weighted by Crippen LogP contribution is 2.33. The Morgan fingerprint density at radius 3 is 2.70 bits per heavy atom. The number of sulfone groups is 1. The van der Waals surface area contributed by atoms with Crippen LogP contribution in [0.15, 0.2) is 0 Å². The number of carbonyl (C=O) groups is 1. The Hall–Kier alpha value is -1.57. The number of urea groups is 1. The molecule has 128 valence electrons. The van der Waals surface area contributed by atoms with Crippen LogP contribution >= 0.6 is 0 Å². The number of hydrogen-bond acceptors (Lipinski definition) is 4. The van der Waals surface area contributed by atoms with E-state index in [-0.39, 0.29) is 23.0 Å². The molecule has 2 saturated heterocycles. The quantitative estimate of drug-likeness (QED) is 0.884. The van der Waals surface area contributed by atoms with Gasteiger partial charge in [-0.3, -0.25) is 4.68 Å². The average molecular weight is 340 g/mol. The lowest BCUT2D eigenvalue weighted by atomic mass is 10.1. The van der Waals surface area contributed by atoms with Crippen LogP contribution in [0.5, 0.6) is 0 Å². The maximum atomic E-state index is 12.4. The summed E-state index contributed by atoms with van der Waals surface area (Å²) >= 11 is 0. The Morgan fingerprint density at radius 1 is 1.35 bits per heavy atom. The van der Waals surface area contributed by atoms with E-state index in [1.165, 1.54) is 0 Å². The van der Waals surface area contributed by atoms with Crippen molar-refractivity contribution in [2.24, 2.45) is 5.92 Å². The monoisotopic (exact) mass is 340 g/mol. The van der Waals surface area contributed by atoms with E-state index < -0.39 is 9.84 Å². The molecular weight excluding hydrogens is 316 g/mol. The standard InChI is InChI=1S/C15H24N4O3S/c1-4-19-11(3)13(10(2)17-19)7-16-15(20)18-8-12-5-6-23(21,22)14(12)9-18/h12,14H,4-9H2,1-3H3,(H,16,20)/t12-,14+/m0/s1. The molecule has 3 heterocycles. The predicted octanol–water partition coefficient (Wildman–Crippen LogP) is 0.848. The van der Waals surface area contributed by atoms with Gasteiger partial charge < -0.3 is 10.2 Å². The molecule has 0 radical (unpaired) electrons. The van der Waals surface area contributed by atoms with E-state index in [4.69, 9.17) is 0 Å². The highest BCUT2D eigenvalue weighted by molar-refractivity contribution is 7.92. The van der Waals surface area contributed by atoms with Crippen molar-refractivity contribution >= 4 is 15.9 Å². The predicted molar refractivity (Wildman–Crippen MR) is 86.9 cm³/mol. The van der Waals surface area contributed by atoms with Crippen LogP contribution in [-0.2, 0) is 22.9 Å². The van der Waals surface area contributed by atoms with Gasteiger partial charge in [-0.05, 0) is 33.1 Å². The minimum absolute atomic E-state index is 0.108. The first kappa shape index (κ1) is 16.3. The average Bonchev–Trinajstić information content (AvgIpc) is 3.13. The largest absolute Gasteiger partial charge is 0.334 e. The number of aromatic nitrogens is 2. The number of hydrogen-bond donors (Lipinski definition) is 1. The number of amides is 2. The van der Waals surface area contributed by atoms with Crippen LogP contribution in [0.1, 0.15) is 30.3 Å². The molecule has 23 heavy (non-hydrogen) atoms. The zero-order chi connectivity index (χ0) is 16.8. The Morgan fingerprint density at radius 2 is 2.09 bits per heavy atom. The van der Waals surface area contributed by atoms with Crippen LogP contribution in [0.4, 0.5) is 4.79 Å². The zero-order valence-corrected chi connectivity index (χ0v) is 14.7. The normalized spacial score (nSPS) is 25.6. The topological polar surface area (TPSA) is 84.3 Å². The molecular formula is C15H24N4O3S. The second-order valence-electron chi connectivity index (χ2n) is 6.48. The fourth-order valence-electron chi connectivity index (χ4n) is 3.73. The molecule has 0 aliphatic carbocycles. The van der Waals surface area contributed by atoms with Gasteiger partial charge in [-0.2, -0.15) is 5.10 Å². The lowest BCUT2D eigenvalue weighted by Crippen LogP contribution is -2.39. The first-order valence-corrected chi connectivity index (χ1v) is 9.82. The molecule has 0 bridgehead atoms. The third-order valence-corrected chi connectivity index (χ3v) is 7.41. The molecule has 2 aliphatic heterocycles. The Labute approximate surface area is 137 Å². The summed E-state index contributed by atoms with van der Waals surface area (Å²) in [6.45, 7) is 8.06. The number of nitrogens with one attached hydrogen (secondary N) is 1. The van der Waals surface area contributed by atoms with Gasteiger partial charge in [0, 0.05) is 37.4 Å². The Kier molecular flexibility index (Phi) is 4.12. The van der Waals surface area contributed by atoms with E-state index in [9.17, 15) is 13.2 Å². The van der Waals surface area contributed by atoms with Crippen molar-refractivity contribution in [2.75, 3.05) is 18.8 Å². The minimum atomic E-state index is -3.01. The summed E-state index contributed by atoms with van der Waals surface area (Å²) in [5, 5.41) is 7.00. The van der Waals surface area contributed by atoms with Crippen LogP contribution in [0.2, 0.25) is 0 Å². The number of rotatable bonds is 3. The zero-order valence-electron chi connectivity index (χ0n) is 13.9. The Bertz CT molecular complexity index is 725. The third kappa shape index (κ3) is 2.84. The third-order valence-electron chi connectivity index (χ3n) is 5.15. The van der Waals surface area contributed by atoms with Crippen molar-refractivity contribution in [3.8, 4) is 0 Å². The molecule has 2 atom stereocenters. The van der Waals surface area contributed by atoms with Gasteiger partial charge in [-0.15, -0.1) is 0 Å². The van der Waals surface area contributed by atoms with Crippen molar-refractivity contribution < 1.29 is 13.2 Å². The molecule has 2 amide bonds. The molecule has 2 aliphatic rings. The van der Waals surface area contributed by atoms with E-state index in [1.54, 1.807) is 4.90 Å². The molecule has 7 nitrogen and oxygen atoms in total. The first-order chi connectivity index (χ1) is 10.8. The summed E-state index contributed by atoms with van der Waals surface area (Å²) in [4.78, 5) is 14.0. The van der Waals surface area contributed by atoms with Gasteiger partial charge in [0.25, 0.3) is 0 Å². The van der Waals surface area contributed by atoms with Crippen molar-refractivity contribution in [1.29, 1.82) is 0 Å². The molecule has 0 unspecified atom stereocenters. The van der Waals surface area contributed by atoms with Gasteiger partial charge in [-0.25, -0.2) is 13.2 Å². The second kappa shape index (κ2) is 5.81. The molecule has 1 aromatic rings. The summed E-state index contributed by atoms with van der Waals surface area (Å²) < 4.78 is 25.8. The maximum Gasteiger partial charge on any atom is 0.317 e. The van der Waals surface area contributed by atoms with E-state index in [0.717, 1.165) is 23.5 Å². The van der Waals surface area contributed by atoms with Crippen LogP contribution < -0.4 is 5.32 Å². The van der Waals surface area contributed by atoms with Gasteiger partial charge in [0.05, 0.1) is 16.7 Å². The molecule has 2 fully saturated rings. The van der Waals surface area contributed by atoms with Crippen LogP contribution in [-0.4, -0.2) is 53.2 Å². The SMILES string of the molecule is CCn1nc(C)c(CNC(=O)N2C[C@@H]3CCS(=O)(=O)[C@@H]3C2)c1C. The number of carbonyl (C=O) groups excluding carboxylic acids is 1. The van der Waals surface area contributed by atoms with Gasteiger partial charge >= 0.3 is 6.03 Å². The second-order valence-corrected chi connectivity index (χ2v) is 8.82. The lowest BCUT2D eigenvalue weighted by Gasteiger charge is -2.18. The van der Waals surface area contributed by atoms with E-state index in [2.05, 4.69) is 10.4 Å². The van der Waals surface area contributed by atoms with E-state index >= 15 is 0 Å². The van der Waals surface area contributed by atoms with Gasteiger partial charge in [0.1, 0.15) is 0 Å². The summed E-state index contributed by atoms with van der Waals surface area (Å²) in [5.41, 5.74) is 3.02. The highest BCUT2D eigenvalue weighted by Gasteiger charge is 2.47. The molecule has 3 rings (SSSR count). The summed E-state index contributed by atoms with van der Waals surface area (Å²) in [6, 6.07) is -0.183. The molecule has 1 aromatic heterocycles. The molecule has 0 saturated carbocycles. The fraction of sp³-hybridized carbons (Fsp3) is 0.733. The number of nitrogens with zero attached hydrogens (tertiary/aromatic N) is 3. The molecule has 1 N–H and O–H groups in total. The molecule has 0 spiro atoms. The van der Waals surface area contributed by atoms with E-state index in [1.807, 2.05) is 25.5 Å². The summed E-state index contributed by atoms with van der Waals surface area (Å²) in [7, 11) is -3.01. The summed E-state index contributed by atoms with van der Waals surface area (Å²) in [5.74, 6) is 0.379.